The molecule has 0 bridgehead atoms. The van der Waals surface area contributed by atoms with E-state index in [1.165, 1.54) is 5.56 Å². The van der Waals surface area contributed by atoms with E-state index in [4.69, 9.17) is 5.73 Å². The summed E-state index contributed by atoms with van der Waals surface area (Å²) in [6.45, 7) is 5.32. The second-order valence-electron chi connectivity index (χ2n) is 5.63. The Hall–Kier alpha value is -0.870. The number of aryl methyl sites for hydroxylation is 1. The molecule has 1 aromatic carbocycles. The molecule has 0 saturated carbocycles. The number of carbonyl (C=O) groups is 1. The highest BCUT2D eigenvalue weighted by Crippen LogP contribution is 2.13. The van der Waals surface area contributed by atoms with Crippen LogP contribution in [0.3, 0.4) is 0 Å². The van der Waals surface area contributed by atoms with Gasteiger partial charge >= 0.3 is 0 Å². The minimum Gasteiger partial charge on any atom is -0.356 e. The van der Waals surface area contributed by atoms with Crippen molar-refractivity contribution in [2.24, 2.45) is 11.1 Å². The Labute approximate surface area is 124 Å². The normalized spacial score (nSPS) is 11.4. The Morgan fingerprint density at radius 2 is 1.95 bits per heavy atom. The van der Waals surface area contributed by atoms with Crippen LogP contribution in [-0.2, 0) is 11.2 Å². The maximum atomic E-state index is 11.7. The molecule has 0 aliphatic carbocycles. The summed E-state index contributed by atoms with van der Waals surface area (Å²) in [4.78, 5) is 11.7. The lowest BCUT2D eigenvalue weighted by atomic mass is 9.94. The van der Waals surface area contributed by atoms with Crippen LogP contribution in [0.1, 0.15) is 32.3 Å². The summed E-state index contributed by atoms with van der Waals surface area (Å²) in [5, 5.41) is 2.94. The van der Waals surface area contributed by atoms with Gasteiger partial charge in [-0.1, -0.05) is 41.9 Å². The van der Waals surface area contributed by atoms with Gasteiger partial charge in [-0.2, -0.15) is 0 Å². The van der Waals surface area contributed by atoms with E-state index in [9.17, 15) is 4.79 Å². The third-order valence-electron chi connectivity index (χ3n) is 3.10. The van der Waals surface area contributed by atoms with Crippen LogP contribution in [0.2, 0.25) is 0 Å². The average molecular weight is 327 g/mol. The van der Waals surface area contributed by atoms with Gasteiger partial charge in [0.25, 0.3) is 0 Å². The van der Waals surface area contributed by atoms with Crippen LogP contribution >= 0.6 is 15.9 Å². The molecule has 1 rings (SSSR count). The Balaban J connectivity index is 2.22. The van der Waals surface area contributed by atoms with Gasteiger partial charge in [-0.15, -0.1) is 0 Å². The van der Waals surface area contributed by atoms with Crippen molar-refractivity contribution in [1.82, 2.24) is 5.32 Å². The number of nitrogens with one attached hydrogen (secondary N) is 1. The fraction of sp³-hybridized carbons (Fsp3) is 0.533. The molecular weight excluding hydrogens is 304 g/mol. The van der Waals surface area contributed by atoms with Crippen molar-refractivity contribution in [1.29, 1.82) is 0 Å². The Morgan fingerprint density at radius 1 is 1.32 bits per heavy atom. The van der Waals surface area contributed by atoms with E-state index in [2.05, 4.69) is 47.2 Å². The highest BCUT2D eigenvalue weighted by Gasteiger charge is 2.16. The molecule has 3 nitrogen and oxygen atoms in total. The number of benzene rings is 1. The van der Waals surface area contributed by atoms with Crippen LogP contribution in [0.15, 0.2) is 28.7 Å². The molecule has 19 heavy (non-hydrogen) atoms. The van der Waals surface area contributed by atoms with Crippen LogP contribution in [0, 0.1) is 5.41 Å². The van der Waals surface area contributed by atoms with Gasteiger partial charge in [0.15, 0.2) is 0 Å². The van der Waals surface area contributed by atoms with Crippen molar-refractivity contribution in [3.05, 3.63) is 34.3 Å². The number of amides is 1. The lowest BCUT2D eigenvalue weighted by Gasteiger charge is -2.22. The van der Waals surface area contributed by atoms with E-state index in [-0.39, 0.29) is 11.3 Å². The van der Waals surface area contributed by atoms with Crippen LogP contribution < -0.4 is 11.1 Å². The zero-order valence-corrected chi connectivity index (χ0v) is 13.3. The highest BCUT2D eigenvalue weighted by atomic mass is 79.9. The van der Waals surface area contributed by atoms with Crippen molar-refractivity contribution in [2.75, 3.05) is 13.1 Å². The number of hydrogen-bond donors (Lipinski definition) is 2. The van der Waals surface area contributed by atoms with Gasteiger partial charge in [0.05, 0.1) is 0 Å². The second-order valence-corrected chi connectivity index (χ2v) is 6.54. The van der Waals surface area contributed by atoms with E-state index in [0.29, 0.717) is 19.5 Å². The number of nitrogens with two attached hydrogens (primary N) is 1. The molecule has 0 spiro atoms. The molecule has 0 saturated heterocycles. The highest BCUT2D eigenvalue weighted by molar-refractivity contribution is 9.10. The summed E-state index contributed by atoms with van der Waals surface area (Å²) in [6.07, 6.45) is 2.37. The first-order valence-electron chi connectivity index (χ1n) is 6.64. The lowest BCUT2D eigenvalue weighted by Crippen LogP contribution is -2.38. The second kappa shape index (κ2) is 7.65. The third kappa shape index (κ3) is 6.73. The summed E-state index contributed by atoms with van der Waals surface area (Å²) >= 11 is 3.41. The maximum absolute atomic E-state index is 11.7. The molecule has 0 aromatic heterocycles. The van der Waals surface area contributed by atoms with Gasteiger partial charge in [-0.05, 0) is 42.5 Å². The monoisotopic (exact) mass is 326 g/mol. The van der Waals surface area contributed by atoms with Crippen molar-refractivity contribution < 1.29 is 4.79 Å². The fourth-order valence-electron chi connectivity index (χ4n) is 1.60. The summed E-state index contributed by atoms with van der Waals surface area (Å²) in [5.74, 6) is 0.110. The Morgan fingerprint density at radius 3 is 2.53 bits per heavy atom. The van der Waals surface area contributed by atoms with E-state index in [1.54, 1.807) is 0 Å². The minimum absolute atomic E-state index is 0.0264. The number of rotatable bonds is 7. The van der Waals surface area contributed by atoms with E-state index in [0.717, 1.165) is 17.3 Å². The van der Waals surface area contributed by atoms with Crippen molar-refractivity contribution in [3.8, 4) is 0 Å². The zero-order chi connectivity index (χ0) is 14.3. The van der Waals surface area contributed by atoms with Gasteiger partial charge in [0.2, 0.25) is 5.91 Å². The fourth-order valence-corrected chi connectivity index (χ4v) is 1.87. The van der Waals surface area contributed by atoms with E-state index >= 15 is 0 Å². The van der Waals surface area contributed by atoms with Crippen LogP contribution in [0.4, 0.5) is 0 Å². The first kappa shape index (κ1) is 16.2. The predicted molar refractivity (Wildman–Crippen MR) is 82.9 cm³/mol. The molecular formula is C15H23BrN2O. The summed E-state index contributed by atoms with van der Waals surface area (Å²) in [6, 6.07) is 8.22. The number of halogens is 1. The minimum atomic E-state index is -0.0264. The smallest absolute Gasteiger partial charge is 0.220 e. The first-order valence-corrected chi connectivity index (χ1v) is 7.43. The Bertz CT molecular complexity index is 401. The molecule has 3 N–H and O–H groups in total. The van der Waals surface area contributed by atoms with Gasteiger partial charge < -0.3 is 11.1 Å². The van der Waals surface area contributed by atoms with Gasteiger partial charge in [0.1, 0.15) is 0 Å². The Kier molecular flexibility index (Phi) is 6.52. The van der Waals surface area contributed by atoms with Gasteiger partial charge in [-0.25, -0.2) is 0 Å². The van der Waals surface area contributed by atoms with Crippen molar-refractivity contribution >= 4 is 21.8 Å². The molecule has 1 aromatic rings. The number of hydrogen-bond acceptors (Lipinski definition) is 2. The maximum Gasteiger partial charge on any atom is 0.220 e. The van der Waals surface area contributed by atoms with Crippen LogP contribution in [0.25, 0.3) is 0 Å². The molecule has 1 amide bonds. The number of carbonyl (C=O) groups excluding carboxylic acids is 1. The van der Waals surface area contributed by atoms with Crippen molar-refractivity contribution in [3.63, 3.8) is 0 Å². The van der Waals surface area contributed by atoms with Gasteiger partial charge in [-0.3, -0.25) is 4.79 Å². The van der Waals surface area contributed by atoms with Gasteiger partial charge in [0, 0.05) is 17.4 Å². The molecule has 0 radical (unpaired) electrons. The quantitative estimate of drug-likeness (QED) is 0.809. The van der Waals surface area contributed by atoms with Crippen molar-refractivity contribution in [2.45, 2.75) is 33.1 Å². The van der Waals surface area contributed by atoms with E-state index < -0.39 is 0 Å². The molecule has 0 heterocycles. The largest absolute Gasteiger partial charge is 0.356 e. The standard InChI is InChI=1S/C15H23BrN2O/c1-15(2,10-17)11-18-14(19)5-3-4-12-6-8-13(16)9-7-12/h6-9H,3-5,10-11,17H2,1-2H3,(H,18,19). The third-order valence-corrected chi connectivity index (χ3v) is 3.63. The summed E-state index contributed by atoms with van der Waals surface area (Å²) in [5.41, 5.74) is 6.86. The predicted octanol–water partition coefficient (Wildman–Crippen LogP) is 2.87. The molecule has 4 heteroatoms. The summed E-state index contributed by atoms with van der Waals surface area (Å²) < 4.78 is 1.08. The molecule has 0 atom stereocenters. The summed E-state index contributed by atoms with van der Waals surface area (Å²) in [7, 11) is 0. The molecule has 0 unspecified atom stereocenters. The topological polar surface area (TPSA) is 55.1 Å². The van der Waals surface area contributed by atoms with Crippen LogP contribution in [0.5, 0.6) is 0 Å². The average Bonchev–Trinajstić information content (AvgIpc) is 2.39. The molecule has 106 valence electrons. The van der Waals surface area contributed by atoms with E-state index in [1.807, 2.05) is 12.1 Å². The first-order chi connectivity index (χ1) is 8.93. The lowest BCUT2D eigenvalue weighted by molar-refractivity contribution is -0.121. The molecule has 0 fully saturated rings. The SMILES string of the molecule is CC(C)(CN)CNC(=O)CCCc1ccc(Br)cc1. The van der Waals surface area contributed by atoms with Crippen LogP contribution in [-0.4, -0.2) is 19.0 Å². The molecule has 0 aliphatic heterocycles. The molecule has 0 aliphatic rings. The zero-order valence-electron chi connectivity index (χ0n) is 11.7.